The van der Waals surface area contributed by atoms with Crippen LogP contribution in [0.5, 0.6) is 0 Å². The minimum atomic E-state index is 1.17. The minimum absolute atomic E-state index is 1.17. The van der Waals surface area contributed by atoms with Gasteiger partial charge >= 0.3 is 0 Å². The van der Waals surface area contributed by atoms with Crippen LogP contribution < -0.4 is 0 Å². The number of rotatable bonds is 4. The number of hydrogen-bond donors (Lipinski definition) is 0. The number of nitrogens with zero attached hydrogens (tertiary/aromatic N) is 1. The van der Waals surface area contributed by atoms with Gasteiger partial charge in [0.15, 0.2) is 0 Å². The van der Waals surface area contributed by atoms with Crippen molar-refractivity contribution >= 4 is 6.08 Å². The van der Waals surface area contributed by atoms with E-state index in [-0.39, 0.29) is 0 Å². The van der Waals surface area contributed by atoms with Crippen molar-refractivity contribution in [3.63, 3.8) is 0 Å². The molecular weight excluding hydrogens is 158 g/mol. The molecule has 0 aromatic heterocycles. The Labute approximate surface area is 79.7 Å². The molecule has 0 aliphatic carbocycles. The summed E-state index contributed by atoms with van der Waals surface area (Å²) in [4.78, 5) is 2.45. The Morgan fingerprint density at radius 2 is 2.23 bits per heavy atom. The molecule has 0 amide bonds. The monoisotopic (exact) mass is 173 g/mol. The highest BCUT2D eigenvalue weighted by Crippen LogP contribution is 2.10. The third-order valence-electron chi connectivity index (χ3n) is 2.44. The second-order valence-corrected chi connectivity index (χ2v) is 3.54. The topological polar surface area (TPSA) is 3.01 Å². The Kier molecular flexibility index (Phi) is 2.46. The van der Waals surface area contributed by atoms with Gasteiger partial charge in [-0.25, -0.2) is 0 Å². The van der Waals surface area contributed by atoms with Crippen molar-refractivity contribution in [3.8, 4) is 0 Å². The van der Waals surface area contributed by atoms with Crippen molar-refractivity contribution in [3.05, 3.63) is 42.0 Å². The lowest BCUT2D eigenvalue weighted by molar-refractivity contribution is 0.561. The molecule has 1 heterocycles. The predicted molar refractivity (Wildman–Crippen MR) is 56.7 cm³/mol. The molecule has 1 aliphatic heterocycles. The van der Waals surface area contributed by atoms with Crippen LogP contribution in [0.25, 0.3) is 6.08 Å². The van der Waals surface area contributed by atoms with Crippen molar-refractivity contribution in [2.24, 2.45) is 0 Å². The average molecular weight is 173 g/mol. The normalized spacial score (nSPS) is 15.7. The molecule has 0 radical (unpaired) electrons. The minimum Gasteiger partial charge on any atom is -0.300 e. The highest BCUT2D eigenvalue weighted by Gasteiger charge is 2.15. The lowest BCUT2D eigenvalue weighted by Gasteiger charge is -2.02. The second kappa shape index (κ2) is 3.75. The largest absolute Gasteiger partial charge is 0.300 e. The Morgan fingerprint density at radius 1 is 1.38 bits per heavy atom. The van der Waals surface area contributed by atoms with E-state index in [1.807, 2.05) is 6.08 Å². The van der Waals surface area contributed by atoms with Crippen molar-refractivity contribution in [1.29, 1.82) is 0 Å². The van der Waals surface area contributed by atoms with E-state index in [1.54, 1.807) is 0 Å². The van der Waals surface area contributed by atoms with Gasteiger partial charge in [-0.15, -0.1) is 0 Å². The van der Waals surface area contributed by atoms with Crippen molar-refractivity contribution in [1.82, 2.24) is 4.90 Å². The standard InChI is InChI=1S/C12H15N/c1-2-11-4-3-5-12(10-11)6-7-13-8-9-13/h2-5,10H,1,6-9H2. The molecule has 1 aliphatic rings. The Bertz CT molecular complexity index is 300. The van der Waals surface area contributed by atoms with E-state index in [2.05, 4.69) is 35.7 Å². The second-order valence-electron chi connectivity index (χ2n) is 3.54. The molecular formula is C12H15N. The third kappa shape index (κ3) is 2.43. The molecule has 68 valence electrons. The quantitative estimate of drug-likeness (QED) is 0.631. The van der Waals surface area contributed by atoms with Crippen LogP contribution in [0, 0.1) is 0 Å². The first-order valence-corrected chi connectivity index (χ1v) is 4.82. The fourth-order valence-electron chi connectivity index (χ4n) is 1.46. The zero-order valence-corrected chi connectivity index (χ0v) is 7.87. The molecule has 0 spiro atoms. The van der Waals surface area contributed by atoms with Gasteiger partial charge in [-0.05, 0) is 17.5 Å². The van der Waals surface area contributed by atoms with Gasteiger partial charge in [0.2, 0.25) is 0 Å². The maximum absolute atomic E-state index is 3.77. The van der Waals surface area contributed by atoms with Gasteiger partial charge in [-0.3, -0.25) is 0 Å². The number of benzene rings is 1. The van der Waals surface area contributed by atoms with E-state index < -0.39 is 0 Å². The van der Waals surface area contributed by atoms with Crippen LogP contribution in [-0.4, -0.2) is 24.5 Å². The number of hydrogen-bond acceptors (Lipinski definition) is 1. The maximum Gasteiger partial charge on any atom is 0.0110 e. The molecule has 0 atom stereocenters. The van der Waals surface area contributed by atoms with Crippen molar-refractivity contribution in [2.75, 3.05) is 19.6 Å². The van der Waals surface area contributed by atoms with Gasteiger partial charge < -0.3 is 4.90 Å². The van der Waals surface area contributed by atoms with E-state index in [9.17, 15) is 0 Å². The van der Waals surface area contributed by atoms with Gasteiger partial charge in [-0.1, -0.05) is 36.9 Å². The van der Waals surface area contributed by atoms with E-state index in [0.717, 1.165) is 0 Å². The molecule has 0 unspecified atom stereocenters. The van der Waals surface area contributed by atoms with Crippen LogP contribution in [-0.2, 0) is 6.42 Å². The summed E-state index contributed by atoms with van der Waals surface area (Å²) in [6, 6.07) is 8.61. The van der Waals surface area contributed by atoms with Gasteiger partial charge in [-0.2, -0.15) is 0 Å². The van der Waals surface area contributed by atoms with Crippen LogP contribution in [0.3, 0.4) is 0 Å². The molecule has 1 aromatic carbocycles. The van der Waals surface area contributed by atoms with Crippen molar-refractivity contribution in [2.45, 2.75) is 6.42 Å². The molecule has 1 saturated heterocycles. The van der Waals surface area contributed by atoms with Gasteiger partial charge in [0, 0.05) is 19.6 Å². The van der Waals surface area contributed by atoms with E-state index in [4.69, 9.17) is 0 Å². The molecule has 0 saturated carbocycles. The fraction of sp³-hybridized carbons (Fsp3) is 0.333. The fourth-order valence-corrected chi connectivity index (χ4v) is 1.46. The van der Waals surface area contributed by atoms with Gasteiger partial charge in [0.1, 0.15) is 0 Å². The molecule has 1 heteroatoms. The summed E-state index contributed by atoms with van der Waals surface area (Å²) in [7, 11) is 0. The van der Waals surface area contributed by atoms with Crippen LogP contribution in [0.1, 0.15) is 11.1 Å². The van der Waals surface area contributed by atoms with Gasteiger partial charge in [0.05, 0.1) is 0 Å². The first-order chi connectivity index (χ1) is 6.38. The van der Waals surface area contributed by atoms with E-state index in [1.165, 1.54) is 37.2 Å². The van der Waals surface area contributed by atoms with Crippen LogP contribution in [0.15, 0.2) is 30.8 Å². The Balaban J connectivity index is 1.97. The molecule has 1 aromatic rings. The Hall–Kier alpha value is -1.08. The molecule has 1 fully saturated rings. The maximum atomic E-state index is 3.77. The smallest absolute Gasteiger partial charge is 0.0110 e. The van der Waals surface area contributed by atoms with Crippen LogP contribution in [0.4, 0.5) is 0 Å². The summed E-state index contributed by atoms with van der Waals surface area (Å²) < 4.78 is 0. The summed E-state index contributed by atoms with van der Waals surface area (Å²) in [5.41, 5.74) is 2.65. The molecule has 13 heavy (non-hydrogen) atoms. The highest BCUT2D eigenvalue weighted by atomic mass is 15.2. The summed E-state index contributed by atoms with van der Waals surface area (Å²) >= 11 is 0. The molecule has 1 nitrogen and oxygen atoms in total. The molecule has 0 N–H and O–H groups in total. The lowest BCUT2D eigenvalue weighted by Crippen LogP contribution is -2.02. The third-order valence-corrected chi connectivity index (χ3v) is 2.44. The van der Waals surface area contributed by atoms with Crippen molar-refractivity contribution < 1.29 is 0 Å². The average Bonchev–Trinajstić information content (AvgIpc) is 2.99. The summed E-state index contributed by atoms with van der Waals surface area (Å²) in [5, 5.41) is 0. The summed E-state index contributed by atoms with van der Waals surface area (Å²) in [6.45, 7) is 7.56. The Morgan fingerprint density at radius 3 is 2.92 bits per heavy atom. The predicted octanol–water partition coefficient (Wildman–Crippen LogP) is 2.19. The van der Waals surface area contributed by atoms with Crippen LogP contribution in [0.2, 0.25) is 0 Å². The zero-order chi connectivity index (χ0) is 9.10. The van der Waals surface area contributed by atoms with E-state index in [0.29, 0.717) is 0 Å². The summed E-state index contributed by atoms with van der Waals surface area (Å²) in [6.07, 6.45) is 3.07. The molecule has 0 bridgehead atoms. The highest BCUT2D eigenvalue weighted by molar-refractivity contribution is 5.47. The molecule has 2 rings (SSSR count). The van der Waals surface area contributed by atoms with E-state index >= 15 is 0 Å². The lowest BCUT2D eigenvalue weighted by atomic mass is 10.1. The SMILES string of the molecule is C=Cc1cccc(CCN2CC2)c1. The summed E-state index contributed by atoms with van der Waals surface area (Å²) in [5.74, 6) is 0. The van der Waals surface area contributed by atoms with Crippen LogP contribution >= 0.6 is 0 Å². The first kappa shape index (κ1) is 8.52. The zero-order valence-electron chi connectivity index (χ0n) is 7.87. The first-order valence-electron chi connectivity index (χ1n) is 4.82. The van der Waals surface area contributed by atoms with Gasteiger partial charge in [0.25, 0.3) is 0 Å².